The molecule has 0 saturated heterocycles. The minimum atomic E-state index is 0.573. The minimum Gasteiger partial charge on any atom is -0.309 e. The zero-order valence-corrected chi connectivity index (χ0v) is 26.7. The molecule has 2 heterocycles. The summed E-state index contributed by atoms with van der Waals surface area (Å²) >= 11 is 0. The molecule has 5 heteroatoms. The molecular weight excluding hydrogens is 611 g/mol. The number of aromatic nitrogens is 2. The van der Waals surface area contributed by atoms with Crippen molar-refractivity contribution >= 4 is 43.6 Å². The SMILES string of the molecule is N#Cc1ccc(-c2ccc(-c3cccc(-n4c5ccccc5c5ccc(C#N)cc54)c3)cc2)c(-n2c3ccccc3c3cc(C#N)ccc32)c1. The molecule has 9 rings (SSSR count). The van der Waals surface area contributed by atoms with Crippen LogP contribution in [-0.2, 0) is 0 Å². The van der Waals surface area contributed by atoms with E-state index in [4.69, 9.17) is 0 Å². The smallest absolute Gasteiger partial charge is 0.0992 e. The van der Waals surface area contributed by atoms with E-state index >= 15 is 0 Å². The highest BCUT2D eigenvalue weighted by atomic mass is 15.0. The number of para-hydroxylation sites is 2. The first-order chi connectivity index (χ1) is 24.6. The van der Waals surface area contributed by atoms with Gasteiger partial charge in [-0.2, -0.15) is 15.8 Å². The summed E-state index contributed by atoms with van der Waals surface area (Å²) in [5.41, 5.74) is 12.0. The van der Waals surface area contributed by atoms with Gasteiger partial charge < -0.3 is 9.13 Å². The summed E-state index contributed by atoms with van der Waals surface area (Å²) in [6, 6.07) is 57.9. The highest BCUT2D eigenvalue weighted by molar-refractivity contribution is 6.11. The predicted octanol–water partition coefficient (Wildman–Crippen LogP) is 10.8. The third-order valence-electron chi connectivity index (χ3n) is 9.61. The second kappa shape index (κ2) is 11.4. The van der Waals surface area contributed by atoms with Gasteiger partial charge in [-0.25, -0.2) is 0 Å². The molecule has 0 saturated carbocycles. The summed E-state index contributed by atoms with van der Waals surface area (Å²) in [6.07, 6.45) is 0. The molecule has 2 aromatic heterocycles. The number of fused-ring (bicyclic) bond motifs is 6. The van der Waals surface area contributed by atoms with Crippen LogP contribution in [0.5, 0.6) is 0 Å². The molecule has 0 N–H and O–H groups in total. The molecule has 0 bridgehead atoms. The summed E-state index contributed by atoms with van der Waals surface area (Å²) in [5, 5.41) is 33.5. The number of nitriles is 3. The van der Waals surface area contributed by atoms with Crippen LogP contribution in [0.2, 0.25) is 0 Å². The van der Waals surface area contributed by atoms with Crippen LogP contribution in [0.3, 0.4) is 0 Å². The first-order valence-corrected chi connectivity index (χ1v) is 16.3. The van der Waals surface area contributed by atoms with Crippen molar-refractivity contribution in [1.82, 2.24) is 9.13 Å². The van der Waals surface area contributed by atoms with Crippen molar-refractivity contribution in [2.24, 2.45) is 0 Å². The van der Waals surface area contributed by atoms with Gasteiger partial charge in [-0.1, -0.05) is 84.9 Å². The van der Waals surface area contributed by atoms with Crippen molar-refractivity contribution in [3.63, 3.8) is 0 Å². The molecule has 0 aliphatic rings. The predicted molar refractivity (Wildman–Crippen MR) is 200 cm³/mol. The number of hydrogen-bond acceptors (Lipinski definition) is 3. The molecule has 5 nitrogen and oxygen atoms in total. The standard InChI is InChI=1S/C45H25N5/c46-26-29-14-21-43-40(22-29)38-9-2-4-11-42(38)50(43)44-23-30(27-47)12-19-36(44)33-17-15-32(16-18-33)34-6-5-7-35(25-34)49-41-10-3-1-8-37(41)39-20-13-31(28-48)24-45(39)49/h1-25H. The van der Waals surface area contributed by atoms with Gasteiger partial charge in [-0.15, -0.1) is 0 Å². The Balaban J connectivity index is 1.17. The van der Waals surface area contributed by atoms with Crippen molar-refractivity contribution in [1.29, 1.82) is 15.8 Å². The van der Waals surface area contributed by atoms with E-state index in [2.05, 4.69) is 100 Å². The van der Waals surface area contributed by atoms with Gasteiger partial charge in [0.15, 0.2) is 0 Å². The fraction of sp³-hybridized carbons (Fsp3) is 0. The molecule has 0 spiro atoms. The molecule has 0 radical (unpaired) electrons. The van der Waals surface area contributed by atoms with Crippen molar-refractivity contribution in [2.75, 3.05) is 0 Å². The van der Waals surface area contributed by atoms with Gasteiger partial charge >= 0.3 is 0 Å². The highest BCUT2D eigenvalue weighted by Crippen LogP contribution is 2.38. The summed E-state index contributed by atoms with van der Waals surface area (Å²) < 4.78 is 4.43. The van der Waals surface area contributed by atoms with Crippen molar-refractivity contribution in [2.45, 2.75) is 0 Å². The monoisotopic (exact) mass is 635 g/mol. The lowest BCUT2D eigenvalue weighted by molar-refractivity contribution is 1.18. The molecule has 230 valence electrons. The Bertz CT molecular complexity index is 2960. The van der Waals surface area contributed by atoms with E-state index in [1.54, 1.807) is 0 Å². The van der Waals surface area contributed by atoms with Crippen LogP contribution in [0.4, 0.5) is 0 Å². The Kier molecular flexibility index (Phi) is 6.56. The lowest BCUT2D eigenvalue weighted by Crippen LogP contribution is -1.98. The first kappa shape index (κ1) is 28.8. The highest BCUT2D eigenvalue weighted by Gasteiger charge is 2.18. The van der Waals surface area contributed by atoms with Crippen LogP contribution in [0.25, 0.3) is 77.2 Å². The number of benzene rings is 7. The number of rotatable bonds is 4. The Labute approximate surface area is 287 Å². The molecular formula is C45H25N5. The summed E-state index contributed by atoms with van der Waals surface area (Å²) in [6.45, 7) is 0. The average molecular weight is 636 g/mol. The molecule has 7 aromatic carbocycles. The topological polar surface area (TPSA) is 81.2 Å². The third kappa shape index (κ3) is 4.45. The molecule has 0 unspecified atom stereocenters. The third-order valence-corrected chi connectivity index (χ3v) is 9.61. The van der Waals surface area contributed by atoms with Crippen molar-refractivity contribution in [3.05, 3.63) is 168 Å². The van der Waals surface area contributed by atoms with Crippen LogP contribution in [0, 0.1) is 34.0 Å². The second-order valence-electron chi connectivity index (χ2n) is 12.4. The van der Waals surface area contributed by atoms with Crippen molar-refractivity contribution in [3.8, 4) is 51.8 Å². The average Bonchev–Trinajstić information content (AvgIpc) is 3.69. The van der Waals surface area contributed by atoms with E-state index in [0.717, 1.165) is 77.2 Å². The summed E-state index contributed by atoms with van der Waals surface area (Å²) in [4.78, 5) is 0. The quantitative estimate of drug-likeness (QED) is 0.193. The van der Waals surface area contributed by atoms with Crippen LogP contribution in [0.1, 0.15) is 16.7 Å². The largest absolute Gasteiger partial charge is 0.309 e. The van der Waals surface area contributed by atoms with Gasteiger partial charge in [-0.3, -0.25) is 0 Å². The van der Waals surface area contributed by atoms with Crippen LogP contribution >= 0.6 is 0 Å². The summed E-state index contributed by atoms with van der Waals surface area (Å²) in [5.74, 6) is 0. The van der Waals surface area contributed by atoms with E-state index in [1.807, 2.05) is 78.9 Å². The second-order valence-corrected chi connectivity index (χ2v) is 12.4. The van der Waals surface area contributed by atoms with Gasteiger partial charge in [-0.05, 0) is 83.4 Å². The van der Waals surface area contributed by atoms with E-state index in [0.29, 0.717) is 16.7 Å². The zero-order chi connectivity index (χ0) is 33.8. The van der Waals surface area contributed by atoms with Gasteiger partial charge in [0.1, 0.15) is 0 Å². The maximum atomic E-state index is 9.90. The van der Waals surface area contributed by atoms with Gasteiger partial charge in [0.25, 0.3) is 0 Å². The molecule has 0 atom stereocenters. The first-order valence-electron chi connectivity index (χ1n) is 16.3. The Hall–Kier alpha value is -7.39. The fourth-order valence-electron chi connectivity index (χ4n) is 7.32. The molecule has 0 aliphatic heterocycles. The normalized spacial score (nSPS) is 11.1. The summed E-state index contributed by atoms with van der Waals surface area (Å²) in [7, 11) is 0. The Morgan fingerprint density at radius 1 is 0.360 bits per heavy atom. The van der Waals surface area contributed by atoms with E-state index in [9.17, 15) is 15.8 Å². The van der Waals surface area contributed by atoms with E-state index in [1.165, 1.54) is 0 Å². The van der Waals surface area contributed by atoms with Crippen molar-refractivity contribution < 1.29 is 0 Å². The Morgan fingerprint density at radius 2 is 0.940 bits per heavy atom. The molecule has 50 heavy (non-hydrogen) atoms. The molecule has 9 aromatic rings. The van der Waals surface area contributed by atoms with Gasteiger partial charge in [0.2, 0.25) is 0 Å². The fourth-order valence-corrected chi connectivity index (χ4v) is 7.32. The minimum absolute atomic E-state index is 0.573. The van der Waals surface area contributed by atoms with Crippen LogP contribution in [0.15, 0.2) is 152 Å². The number of nitrogens with zero attached hydrogens (tertiary/aromatic N) is 5. The zero-order valence-electron chi connectivity index (χ0n) is 26.7. The van der Waals surface area contributed by atoms with Crippen LogP contribution in [-0.4, -0.2) is 9.13 Å². The number of hydrogen-bond donors (Lipinski definition) is 0. The van der Waals surface area contributed by atoms with Gasteiger partial charge in [0, 0.05) is 32.8 Å². The molecule has 0 aliphatic carbocycles. The maximum Gasteiger partial charge on any atom is 0.0992 e. The van der Waals surface area contributed by atoms with E-state index < -0.39 is 0 Å². The Morgan fingerprint density at radius 3 is 1.70 bits per heavy atom. The molecule has 0 amide bonds. The molecule has 0 fully saturated rings. The van der Waals surface area contributed by atoms with Gasteiger partial charge in [0.05, 0.1) is 62.7 Å². The maximum absolute atomic E-state index is 9.90. The van der Waals surface area contributed by atoms with Crippen LogP contribution < -0.4 is 0 Å². The lowest BCUT2D eigenvalue weighted by Gasteiger charge is -2.15. The van der Waals surface area contributed by atoms with E-state index in [-0.39, 0.29) is 0 Å². The lowest BCUT2D eigenvalue weighted by atomic mass is 9.97.